The third-order valence-corrected chi connectivity index (χ3v) is 6.99. The predicted molar refractivity (Wildman–Crippen MR) is 107 cm³/mol. The van der Waals surface area contributed by atoms with Gasteiger partial charge in [-0.15, -0.1) is 11.3 Å². The van der Waals surface area contributed by atoms with Gasteiger partial charge in [-0.25, -0.2) is 13.1 Å². The van der Waals surface area contributed by atoms with Crippen LogP contribution in [0.15, 0.2) is 32.9 Å². The number of hydrogen-bond donors (Lipinski definition) is 1. The fourth-order valence-corrected chi connectivity index (χ4v) is 5.16. The van der Waals surface area contributed by atoms with E-state index >= 15 is 0 Å². The monoisotopic (exact) mass is 457 g/mol. The predicted octanol–water partition coefficient (Wildman–Crippen LogP) is 3.96. The van der Waals surface area contributed by atoms with Crippen molar-refractivity contribution < 1.29 is 31.3 Å². The Bertz CT molecular complexity index is 1360. The summed E-state index contributed by atoms with van der Waals surface area (Å²) in [4.78, 5) is 12.7. The number of fused-ring (bicyclic) bond motifs is 1. The highest BCUT2D eigenvalue weighted by atomic mass is 35.5. The summed E-state index contributed by atoms with van der Waals surface area (Å²) in [7, 11) is -4.22. The molecule has 0 bridgehead atoms. The number of anilines is 1. The fraction of sp³-hybridized carbons (Fsp3) is 0.222. The lowest BCUT2D eigenvalue weighted by molar-refractivity contribution is 0.0994. The van der Waals surface area contributed by atoms with Crippen molar-refractivity contribution in [2.75, 3.05) is 11.5 Å². The van der Waals surface area contributed by atoms with Crippen molar-refractivity contribution >= 4 is 44.6 Å². The number of halogens is 1. The van der Waals surface area contributed by atoms with Crippen molar-refractivity contribution in [2.24, 2.45) is 0 Å². The minimum absolute atomic E-state index is 0.00202. The summed E-state index contributed by atoms with van der Waals surface area (Å²) in [5, 5.41) is 5.03. The zero-order valence-corrected chi connectivity index (χ0v) is 17.4. The van der Waals surface area contributed by atoms with Crippen LogP contribution in [0.25, 0.3) is 0 Å². The van der Waals surface area contributed by atoms with Crippen LogP contribution >= 0.6 is 22.9 Å². The fourth-order valence-electron chi connectivity index (χ4n) is 2.61. The second kappa shape index (κ2) is 7.36. The van der Waals surface area contributed by atoms with Crippen LogP contribution in [-0.2, 0) is 16.4 Å². The number of aryl methyl sites for hydroxylation is 1. The quantitative estimate of drug-likeness (QED) is 0.558. The topological polar surface area (TPSA) is 108 Å². The number of ether oxygens (including phenoxy) is 2. The van der Waals surface area contributed by atoms with Crippen molar-refractivity contribution in [1.82, 2.24) is 5.16 Å². The molecule has 0 fully saturated rings. The number of rotatable bonds is 6. The highest BCUT2D eigenvalue weighted by Crippen LogP contribution is 2.36. The Kier molecular flexibility index (Phi) is 4.13. The molecule has 1 aliphatic heterocycles. The molecule has 4 rings (SSSR count). The minimum Gasteiger partial charge on any atom is -0.454 e. The first-order chi connectivity index (χ1) is 15.0. The number of carbonyl (C=O) groups is 1. The van der Waals surface area contributed by atoms with E-state index in [2.05, 4.69) is 9.88 Å². The Morgan fingerprint density at radius 2 is 2.10 bits per heavy atom. The van der Waals surface area contributed by atoms with Crippen LogP contribution in [0.4, 0.5) is 5.88 Å². The van der Waals surface area contributed by atoms with Crippen LogP contribution in [0.3, 0.4) is 0 Å². The van der Waals surface area contributed by atoms with Crippen LogP contribution in [0.5, 0.6) is 11.5 Å². The van der Waals surface area contributed by atoms with Crippen molar-refractivity contribution in [1.29, 1.82) is 0 Å². The standard InChI is InChI=1S/C18H15ClN2O6S2/c1-9-5-13-14(26-8-25-13)7-11(9)6-12(22)17-15(3-4-28-17)29(23,24)21-18-16(19)10(2)20-27-18/h3-5,7,21H,6,8H2,1-2H3/i5D,7D,8D. The lowest BCUT2D eigenvalue weighted by Crippen LogP contribution is -2.16. The molecule has 3 heterocycles. The first-order valence-corrected chi connectivity index (χ1v) is 10.9. The Morgan fingerprint density at radius 1 is 1.38 bits per heavy atom. The molecule has 2 aromatic heterocycles. The number of aromatic nitrogens is 1. The summed E-state index contributed by atoms with van der Waals surface area (Å²) in [5.74, 6) is -0.943. The van der Waals surface area contributed by atoms with Gasteiger partial charge in [0.1, 0.15) is 17.0 Å². The number of nitrogens with one attached hydrogen (secondary N) is 1. The first-order valence-electron chi connectivity index (χ1n) is 9.72. The molecule has 0 aliphatic carbocycles. The van der Waals surface area contributed by atoms with E-state index in [1.807, 2.05) is 0 Å². The number of thiophene rings is 1. The van der Waals surface area contributed by atoms with Crippen LogP contribution in [-0.4, -0.2) is 26.1 Å². The zero-order chi connectivity index (χ0) is 23.4. The van der Waals surface area contributed by atoms with Crippen molar-refractivity contribution in [3.63, 3.8) is 0 Å². The number of sulfonamides is 1. The van der Waals surface area contributed by atoms with Gasteiger partial charge in [0.25, 0.3) is 15.9 Å². The van der Waals surface area contributed by atoms with Crippen LogP contribution in [0.2, 0.25) is 5.02 Å². The molecule has 29 heavy (non-hydrogen) atoms. The van der Waals surface area contributed by atoms with E-state index in [-0.39, 0.29) is 56.2 Å². The molecule has 1 unspecified atom stereocenters. The van der Waals surface area contributed by atoms with E-state index in [1.54, 1.807) is 13.8 Å². The number of carbonyl (C=O) groups excluding carboxylic acids is 1. The average molecular weight is 458 g/mol. The van der Waals surface area contributed by atoms with Gasteiger partial charge in [0.05, 0.1) is 7.62 Å². The maximum absolute atomic E-state index is 13.0. The third-order valence-electron chi connectivity index (χ3n) is 4.08. The van der Waals surface area contributed by atoms with E-state index in [0.717, 1.165) is 11.3 Å². The highest BCUT2D eigenvalue weighted by molar-refractivity contribution is 7.93. The normalized spacial score (nSPS) is 16.9. The van der Waals surface area contributed by atoms with Gasteiger partial charge in [0.2, 0.25) is 6.77 Å². The summed E-state index contributed by atoms with van der Waals surface area (Å²) in [6.45, 7) is 1.69. The summed E-state index contributed by atoms with van der Waals surface area (Å²) in [6.07, 6.45) is -0.346. The smallest absolute Gasteiger partial charge is 0.265 e. The van der Waals surface area contributed by atoms with Crippen molar-refractivity contribution in [3.05, 3.63) is 50.3 Å². The molecule has 11 heteroatoms. The lowest BCUT2D eigenvalue weighted by atomic mass is 10.0. The Balaban J connectivity index is 1.66. The molecule has 1 aromatic carbocycles. The average Bonchev–Trinajstić information content (AvgIpc) is 3.45. The molecule has 1 N–H and O–H groups in total. The van der Waals surface area contributed by atoms with E-state index in [0.29, 0.717) is 11.3 Å². The number of nitrogens with zero attached hydrogens (tertiary/aromatic N) is 1. The molecule has 0 spiro atoms. The number of hydrogen-bond acceptors (Lipinski definition) is 8. The molecule has 8 nitrogen and oxygen atoms in total. The Labute approximate surface area is 179 Å². The van der Waals surface area contributed by atoms with Crippen LogP contribution in [0, 0.1) is 13.8 Å². The van der Waals surface area contributed by atoms with Gasteiger partial charge >= 0.3 is 0 Å². The summed E-state index contributed by atoms with van der Waals surface area (Å²) >= 11 is 6.89. The molecule has 1 atom stereocenters. The van der Waals surface area contributed by atoms with E-state index in [1.165, 1.54) is 11.4 Å². The van der Waals surface area contributed by atoms with Gasteiger partial charge in [-0.2, -0.15) is 0 Å². The number of benzene rings is 1. The Hall–Kier alpha value is -2.56. The van der Waals surface area contributed by atoms with Crippen LogP contribution in [0.1, 0.15) is 30.6 Å². The van der Waals surface area contributed by atoms with E-state index < -0.39 is 22.6 Å². The highest BCUT2D eigenvalue weighted by Gasteiger charge is 2.27. The SMILES string of the molecule is [2H]c1c(C)c(CC(=O)c2sccc2S(=O)(=O)Nc2onc(C)c2Cl)c([2H])c2c1OC([2H])O2. The summed E-state index contributed by atoms with van der Waals surface area (Å²) < 4.78 is 67.1. The second-order valence-electron chi connectivity index (χ2n) is 6.07. The molecule has 0 radical (unpaired) electrons. The Morgan fingerprint density at radius 3 is 2.79 bits per heavy atom. The molecule has 152 valence electrons. The minimum atomic E-state index is -4.22. The second-order valence-corrected chi connectivity index (χ2v) is 9.02. The van der Waals surface area contributed by atoms with Gasteiger partial charge in [-0.05, 0) is 48.5 Å². The third kappa shape index (κ3) is 3.70. The zero-order valence-electron chi connectivity index (χ0n) is 18.0. The molecule has 0 saturated heterocycles. The van der Waals surface area contributed by atoms with Gasteiger partial charge < -0.3 is 14.0 Å². The number of ketones is 1. The lowest BCUT2D eigenvalue weighted by Gasteiger charge is -2.09. The molecule has 0 saturated carbocycles. The maximum atomic E-state index is 13.0. The van der Waals surface area contributed by atoms with E-state index in [4.69, 9.17) is 29.7 Å². The van der Waals surface area contributed by atoms with E-state index in [9.17, 15) is 13.2 Å². The van der Waals surface area contributed by atoms with Crippen molar-refractivity contribution in [3.8, 4) is 11.5 Å². The summed E-state index contributed by atoms with van der Waals surface area (Å²) in [5.41, 5.74) is 0.797. The maximum Gasteiger partial charge on any atom is 0.265 e. The van der Waals surface area contributed by atoms with Gasteiger partial charge in [-0.1, -0.05) is 16.8 Å². The molecule has 1 aliphatic rings. The van der Waals surface area contributed by atoms with Crippen molar-refractivity contribution in [2.45, 2.75) is 25.2 Å². The number of Topliss-reactive ketones (excluding diaryl/α,β-unsaturated/α-hetero) is 1. The molecular weight excluding hydrogens is 440 g/mol. The van der Waals surface area contributed by atoms with Gasteiger partial charge in [0, 0.05) is 6.42 Å². The molecule has 3 aromatic rings. The van der Waals surface area contributed by atoms with Gasteiger partial charge in [-0.3, -0.25) is 4.79 Å². The largest absolute Gasteiger partial charge is 0.454 e. The summed E-state index contributed by atoms with van der Waals surface area (Å²) in [6, 6.07) is 0.996. The van der Waals surface area contributed by atoms with Crippen LogP contribution < -0.4 is 14.2 Å². The molecule has 0 amide bonds. The molecular formula is C18H15ClN2O6S2. The first kappa shape index (κ1) is 16.3. The van der Waals surface area contributed by atoms with Gasteiger partial charge in [0.15, 0.2) is 17.3 Å².